The Balaban J connectivity index is 2.62. The van der Waals surface area contributed by atoms with Crippen LogP contribution in [0.5, 0.6) is 0 Å². The molecule has 4 heteroatoms. The molecule has 0 unspecified atom stereocenters. The molecule has 2 aromatic rings. The smallest absolute Gasteiger partial charge is 0.323 e. The lowest BCUT2D eigenvalue weighted by molar-refractivity contribution is -0.137. The number of nitrogen functional groups attached to an aromatic ring is 1. The van der Waals surface area contributed by atoms with E-state index < -0.39 is 5.97 Å². The second kappa shape index (κ2) is 3.31. The molecule has 4 nitrogen and oxygen atoms in total. The second-order valence-electron chi connectivity index (χ2n) is 3.63. The molecule has 1 heterocycles. The van der Waals surface area contributed by atoms with E-state index >= 15 is 0 Å². The number of fused-ring (bicyclic) bond motifs is 1. The van der Waals surface area contributed by atoms with Gasteiger partial charge in [-0.15, -0.1) is 0 Å². The minimum atomic E-state index is -0.868. The number of carboxylic acid groups (broad SMARTS) is 1. The average Bonchev–Trinajstić information content (AvgIpc) is 2.42. The molecule has 3 N–H and O–H groups in total. The maximum absolute atomic E-state index is 10.6. The first kappa shape index (κ1) is 9.58. The molecule has 0 atom stereocenters. The number of aliphatic carboxylic acids is 1. The predicted octanol–water partition coefficient (Wildman–Crippen LogP) is 1.62. The minimum Gasteiger partial charge on any atom is -0.480 e. The van der Waals surface area contributed by atoms with Crippen molar-refractivity contribution in [1.29, 1.82) is 0 Å². The summed E-state index contributed by atoms with van der Waals surface area (Å²) >= 11 is 0. The van der Waals surface area contributed by atoms with Crippen LogP contribution in [0, 0.1) is 6.92 Å². The van der Waals surface area contributed by atoms with E-state index in [2.05, 4.69) is 0 Å². The molecule has 0 aliphatic heterocycles. The van der Waals surface area contributed by atoms with Crippen molar-refractivity contribution in [2.45, 2.75) is 13.5 Å². The lowest BCUT2D eigenvalue weighted by atomic mass is 10.2. The first-order valence-corrected chi connectivity index (χ1v) is 4.64. The van der Waals surface area contributed by atoms with Crippen molar-refractivity contribution in [3.63, 3.8) is 0 Å². The number of nitrogens with two attached hydrogens (primary N) is 1. The molecule has 0 aliphatic carbocycles. The first-order chi connectivity index (χ1) is 7.08. The van der Waals surface area contributed by atoms with Gasteiger partial charge >= 0.3 is 5.97 Å². The van der Waals surface area contributed by atoms with E-state index in [1.54, 1.807) is 10.8 Å². The Kier molecular flexibility index (Phi) is 2.11. The van der Waals surface area contributed by atoms with Crippen LogP contribution in [0.2, 0.25) is 0 Å². The highest BCUT2D eigenvalue weighted by molar-refractivity contribution is 5.93. The molecule has 0 radical (unpaired) electrons. The van der Waals surface area contributed by atoms with Gasteiger partial charge in [-0.1, -0.05) is 11.6 Å². The second-order valence-corrected chi connectivity index (χ2v) is 3.63. The molecule has 0 saturated heterocycles. The molecule has 15 heavy (non-hydrogen) atoms. The maximum atomic E-state index is 10.6. The van der Waals surface area contributed by atoms with E-state index in [9.17, 15) is 4.79 Å². The van der Waals surface area contributed by atoms with Crippen molar-refractivity contribution in [2.24, 2.45) is 0 Å². The Hall–Kier alpha value is -1.97. The molecule has 78 valence electrons. The summed E-state index contributed by atoms with van der Waals surface area (Å²) in [7, 11) is 0. The van der Waals surface area contributed by atoms with Crippen LogP contribution in [0.3, 0.4) is 0 Å². The normalized spacial score (nSPS) is 10.7. The van der Waals surface area contributed by atoms with Crippen LogP contribution in [0.1, 0.15) is 5.56 Å². The van der Waals surface area contributed by atoms with E-state index in [-0.39, 0.29) is 6.54 Å². The SMILES string of the molecule is Cc1ccc2c(c1)c(N)cn2CC(=O)O. The van der Waals surface area contributed by atoms with E-state index in [0.717, 1.165) is 16.5 Å². The first-order valence-electron chi connectivity index (χ1n) is 4.64. The fraction of sp³-hybridized carbons (Fsp3) is 0.182. The van der Waals surface area contributed by atoms with Gasteiger partial charge in [-0.25, -0.2) is 0 Å². The van der Waals surface area contributed by atoms with Gasteiger partial charge in [0.05, 0.1) is 11.2 Å². The van der Waals surface area contributed by atoms with Crippen molar-refractivity contribution in [1.82, 2.24) is 4.57 Å². The highest BCUT2D eigenvalue weighted by atomic mass is 16.4. The van der Waals surface area contributed by atoms with Crippen molar-refractivity contribution in [2.75, 3.05) is 5.73 Å². The van der Waals surface area contributed by atoms with Crippen LogP contribution in [0.15, 0.2) is 24.4 Å². The number of hydrogen-bond donors (Lipinski definition) is 2. The van der Waals surface area contributed by atoms with Crippen molar-refractivity contribution in [3.8, 4) is 0 Å². The molecule has 0 amide bonds. The summed E-state index contributed by atoms with van der Waals surface area (Å²) in [5, 5.41) is 9.64. The van der Waals surface area contributed by atoms with E-state index in [1.165, 1.54) is 0 Å². The summed E-state index contributed by atoms with van der Waals surface area (Å²) in [5.74, 6) is -0.868. The zero-order valence-electron chi connectivity index (χ0n) is 8.40. The molecule has 2 rings (SSSR count). The number of hydrogen-bond acceptors (Lipinski definition) is 2. The van der Waals surface area contributed by atoms with Crippen LogP contribution in [0.25, 0.3) is 10.9 Å². The molecule has 0 spiro atoms. The van der Waals surface area contributed by atoms with Gasteiger partial charge in [0.15, 0.2) is 0 Å². The molecule has 0 fully saturated rings. The molecule has 0 aliphatic rings. The number of anilines is 1. The average molecular weight is 204 g/mol. The van der Waals surface area contributed by atoms with Gasteiger partial charge in [-0.3, -0.25) is 4.79 Å². The summed E-state index contributed by atoms with van der Waals surface area (Å²) in [4.78, 5) is 10.6. The quantitative estimate of drug-likeness (QED) is 0.781. The number of nitrogens with zero attached hydrogens (tertiary/aromatic N) is 1. The standard InChI is InChI=1S/C11H12N2O2/c1-7-2-3-10-8(4-7)9(12)5-13(10)6-11(14)15/h2-5H,6,12H2,1H3,(H,14,15). The number of rotatable bonds is 2. The monoisotopic (exact) mass is 204 g/mol. The van der Waals surface area contributed by atoms with Crippen LogP contribution >= 0.6 is 0 Å². The fourth-order valence-electron chi connectivity index (χ4n) is 1.72. The van der Waals surface area contributed by atoms with E-state index in [4.69, 9.17) is 10.8 Å². The van der Waals surface area contributed by atoms with Crippen molar-refractivity contribution < 1.29 is 9.90 Å². The van der Waals surface area contributed by atoms with E-state index in [0.29, 0.717) is 5.69 Å². The molecule has 0 bridgehead atoms. The lowest BCUT2D eigenvalue weighted by Gasteiger charge is -2.00. The van der Waals surface area contributed by atoms with Crippen molar-refractivity contribution in [3.05, 3.63) is 30.0 Å². The third kappa shape index (κ3) is 1.66. The number of aryl methyl sites for hydroxylation is 1. The molecule has 1 aromatic heterocycles. The predicted molar refractivity (Wildman–Crippen MR) is 58.7 cm³/mol. The maximum Gasteiger partial charge on any atom is 0.323 e. The van der Waals surface area contributed by atoms with Crippen LogP contribution in [0.4, 0.5) is 5.69 Å². The van der Waals surface area contributed by atoms with Gasteiger partial charge in [0, 0.05) is 11.6 Å². The summed E-state index contributed by atoms with van der Waals surface area (Å²) in [6.07, 6.45) is 1.66. The van der Waals surface area contributed by atoms with Gasteiger partial charge < -0.3 is 15.4 Å². The minimum absolute atomic E-state index is 0.0588. The summed E-state index contributed by atoms with van der Waals surface area (Å²) in [5.41, 5.74) is 8.40. The zero-order valence-corrected chi connectivity index (χ0v) is 8.40. The number of aromatic nitrogens is 1. The topological polar surface area (TPSA) is 68.2 Å². The molecular weight excluding hydrogens is 192 g/mol. The van der Waals surface area contributed by atoms with Crippen LogP contribution in [-0.4, -0.2) is 15.6 Å². The van der Waals surface area contributed by atoms with Crippen LogP contribution < -0.4 is 5.73 Å². The summed E-state index contributed by atoms with van der Waals surface area (Å²) < 4.78 is 1.65. The Morgan fingerprint density at radius 3 is 2.93 bits per heavy atom. The molecular formula is C11H12N2O2. The molecule has 0 saturated carbocycles. The largest absolute Gasteiger partial charge is 0.480 e. The van der Waals surface area contributed by atoms with E-state index in [1.807, 2.05) is 25.1 Å². The van der Waals surface area contributed by atoms with Crippen molar-refractivity contribution >= 4 is 22.6 Å². The van der Waals surface area contributed by atoms with Gasteiger partial charge in [0.1, 0.15) is 6.54 Å². The highest BCUT2D eigenvalue weighted by Gasteiger charge is 2.08. The Morgan fingerprint density at radius 2 is 2.27 bits per heavy atom. The number of carboxylic acids is 1. The van der Waals surface area contributed by atoms with Gasteiger partial charge in [-0.05, 0) is 19.1 Å². The number of benzene rings is 1. The summed E-state index contributed by atoms with van der Waals surface area (Å²) in [6.45, 7) is 1.92. The summed E-state index contributed by atoms with van der Waals surface area (Å²) in [6, 6.07) is 5.80. The number of carbonyl (C=O) groups is 1. The van der Waals surface area contributed by atoms with Gasteiger partial charge in [0.25, 0.3) is 0 Å². The molecule has 1 aromatic carbocycles. The highest BCUT2D eigenvalue weighted by Crippen LogP contribution is 2.24. The fourth-order valence-corrected chi connectivity index (χ4v) is 1.72. The van der Waals surface area contributed by atoms with Crippen LogP contribution in [-0.2, 0) is 11.3 Å². The zero-order chi connectivity index (χ0) is 11.0. The van der Waals surface area contributed by atoms with Gasteiger partial charge in [0.2, 0.25) is 0 Å². The Morgan fingerprint density at radius 1 is 1.53 bits per heavy atom. The third-order valence-corrected chi connectivity index (χ3v) is 2.37. The Bertz CT molecular complexity index is 529. The lowest BCUT2D eigenvalue weighted by Crippen LogP contribution is -2.07. The van der Waals surface area contributed by atoms with Gasteiger partial charge in [-0.2, -0.15) is 0 Å². The third-order valence-electron chi connectivity index (χ3n) is 2.37. The Labute approximate surface area is 86.9 Å².